The average Bonchev–Trinajstić information content (AvgIpc) is 3.17. The Labute approximate surface area is 138 Å². The number of thiophene rings is 2. The van der Waals surface area contributed by atoms with Crippen LogP contribution in [-0.4, -0.2) is 31.7 Å². The van der Waals surface area contributed by atoms with Gasteiger partial charge >= 0.3 is 0 Å². The van der Waals surface area contributed by atoms with Crippen molar-refractivity contribution in [3.05, 3.63) is 38.7 Å². The van der Waals surface area contributed by atoms with Crippen LogP contribution in [0, 0.1) is 0 Å². The lowest BCUT2D eigenvalue weighted by molar-refractivity contribution is 0.0955. The molecule has 0 atom stereocenters. The molecule has 5 nitrogen and oxygen atoms in total. The van der Waals surface area contributed by atoms with E-state index < -0.39 is 10.0 Å². The molecule has 0 saturated carbocycles. The van der Waals surface area contributed by atoms with Crippen molar-refractivity contribution in [2.45, 2.75) is 25.3 Å². The van der Waals surface area contributed by atoms with Crippen molar-refractivity contribution in [3.8, 4) is 0 Å². The number of hydrogen-bond donors (Lipinski definition) is 1. The molecule has 0 aliphatic carbocycles. The molecule has 8 heteroatoms. The molecule has 0 saturated heterocycles. The van der Waals surface area contributed by atoms with Crippen molar-refractivity contribution in [3.63, 3.8) is 0 Å². The fourth-order valence-corrected chi connectivity index (χ4v) is 5.23. The van der Waals surface area contributed by atoms with Gasteiger partial charge in [0.05, 0.1) is 16.3 Å². The molecule has 0 aliphatic heterocycles. The molecular weight excluding hydrogens is 340 g/mol. The highest BCUT2D eigenvalue weighted by molar-refractivity contribution is 7.89. The summed E-state index contributed by atoms with van der Waals surface area (Å²) in [6.07, 6.45) is 0. The Balaban J connectivity index is 2.09. The number of sulfonamides is 1. The number of amides is 1. The van der Waals surface area contributed by atoms with Crippen LogP contribution in [0.3, 0.4) is 0 Å². The standard InChI is InChI=1S/C14H18N2O3S3/c1-3-16(4-2)22(18,19)12-8-13(21-10-12)14(17)15-9-11-6-5-7-20-11/h5-8,10H,3-4,9H2,1-2H3,(H,15,17). The van der Waals surface area contributed by atoms with Gasteiger partial charge in [0, 0.05) is 23.3 Å². The third-order valence-corrected chi connectivity index (χ3v) is 7.13. The number of hydrogen-bond acceptors (Lipinski definition) is 5. The van der Waals surface area contributed by atoms with Crippen LogP contribution >= 0.6 is 22.7 Å². The number of carbonyl (C=O) groups is 1. The van der Waals surface area contributed by atoms with Crippen molar-refractivity contribution < 1.29 is 13.2 Å². The normalized spacial score (nSPS) is 11.8. The molecule has 120 valence electrons. The number of nitrogens with one attached hydrogen (secondary N) is 1. The van der Waals surface area contributed by atoms with E-state index in [4.69, 9.17) is 0 Å². The lowest BCUT2D eigenvalue weighted by atomic mass is 10.4. The van der Waals surface area contributed by atoms with Gasteiger partial charge in [-0.05, 0) is 17.5 Å². The summed E-state index contributed by atoms with van der Waals surface area (Å²) in [4.78, 5) is 13.7. The molecule has 0 aromatic carbocycles. The third kappa shape index (κ3) is 3.75. The van der Waals surface area contributed by atoms with Gasteiger partial charge in [0.25, 0.3) is 5.91 Å². The molecule has 2 heterocycles. The molecule has 0 unspecified atom stereocenters. The maximum Gasteiger partial charge on any atom is 0.261 e. The van der Waals surface area contributed by atoms with E-state index in [0.29, 0.717) is 24.5 Å². The number of nitrogens with zero attached hydrogens (tertiary/aromatic N) is 1. The quantitative estimate of drug-likeness (QED) is 0.827. The molecule has 1 N–H and O–H groups in total. The van der Waals surface area contributed by atoms with Crippen molar-refractivity contribution in [1.82, 2.24) is 9.62 Å². The second-order valence-corrected chi connectivity index (χ2v) is 8.38. The zero-order valence-electron chi connectivity index (χ0n) is 12.4. The van der Waals surface area contributed by atoms with Crippen LogP contribution in [0.25, 0.3) is 0 Å². The third-order valence-electron chi connectivity index (χ3n) is 3.15. The lowest BCUT2D eigenvalue weighted by Crippen LogP contribution is -2.30. The van der Waals surface area contributed by atoms with Crippen LogP contribution in [0.1, 0.15) is 28.4 Å². The second-order valence-electron chi connectivity index (χ2n) is 4.50. The van der Waals surface area contributed by atoms with Crippen LogP contribution in [0.5, 0.6) is 0 Å². The van der Waals surface area contributed by atoms with Crippen LogP contribution in [-0.2, 0) is 16.6 Å². The Morgan fingerprint density at radius 1 is 1.27 bits per heavy atom. The minimum atomic E-state index is -3.51. The van der Waals surface area contributed by atoms with Gasteiger partial charge in [0.1, 0.15) is 0 Å². The zero-order valence-corrected chi connectivity index (χ0v) is 14.9. The van der Waals surface area contributed by atoms with Gasteiger partial charge < -0.3 is 5.32 Å². The predicted octanol–water partition coefficient (Wildman–Crippen LogP) is 2.77. The lowest BCUT2D eigenvalue weighted by Gasteiger charge is -2.17. The summed E-state index contributed by atoms with van der Waals surface area (Å²) < 4.78 is 26.1. The van der Waals surface area contributed by atoms with Gasteiger partial charge in [0.2, 0.25) is 10.0 Å². The fraction of sp³-hybridized carbons (Fsp3) is 0.357. The summed E-state index contributed by atoms with van der Waals surface area (Å²) in [6, 6.07) is 5.31. The topological polar surface area (TPSA) is 66.5 Å². The number of carbonyl (C=O) groups excluding carboxylic acids is 1. The first-order valence-electron chi connectivity index (χ1n) is 6.88. The van der Waals surface area contributed by atoms with Crippen molar-refractivity contribution in [1.29, 1.82) is 0 Å². The molecule has 1 amide bonds. The highest BCUT2D eigenvalue weighted by Gasteiger charge is 2.24. The fourth-order valence-electron chi connectivity index (χ4n) is 1.95. The average molecular weight is 359 g/mol. The molecule has 0 spiro atoms. The molecule has 22 heavy (non-hydrogen) atoms. The Bertz CT molecular complexity index is 716. The van der Waals surface area contributed by atoms with Gasteiger partial charge in [-0.15, -0.1) is 22.7 Å². The summed E-state index contributed by atoms with van der Waals surface area (Å²) >= 11 is 2.71. The van der Waals surface area contributed by atoms with Gasteiger partial charge in [0.15, 0.2) is 0 Å². The van der Waals surface area contributed by atoms with Crippen molar-refractivity contribution in [2.24, 2.45) is 0 Å². The Morgan fingerprint density at radius 2 is 2.00 bits per heavy atom. The smallest absolute Gasteiger partial charge is 0.261 e. The summed E-state index contributed by atoms with van der Waals surface area (Å²) in [6.45, 7) is 4.86. The van der Waals surface area contributed by atoms with E-state index in [1.165, 1.54) is 15.8 Å². The first-order chi connectivity index (χ1) is 10.5. The highest BCUT2D eigenvalue weighted by atomic mass is 32.2. The van der Waals surface area contributed by atoms with E-state index >= 15 is 0 Å². The first kappa shape index (κ1) is 17.1. The van der Waals surface area contributed by atoms with Crippen LogP contribution < -0.4 is 5.32 Å². The minimum absolute atomic E-state index is 0.183. The molecule has 2 aromatic rings. The van der Waals surface area contributed by atoms with Crippen LogP contribution in [0.15, 0.2) is 33.9 Å². The van der Waals surface area contributed by atoms with E-state index in [1.54, 1.807) is 25.2 Å². The molecule has 0 fully saturated rings. The molecule has 0 radical (unpaired) electrons. The summed E-state index contributed by atoms with van der Waals surface area (Å²) in [5.74, 6) is -0.251. The zero-order chi connectivity index (χ0) is 16.2. The van der Waals surface area contributed by atoms with E-state index in [9.17, 15) is 13.2 Å². The van der Waals surface area contributed by atoms with Crippen LogP contribution in [0.4, 0.5) is 0 Å². The Morgan fingerprint density at radius 3 is 2.59 bits per heavy atom. The summed E-state index contributed by atoms with van der Waals surface area (Å²) in [5.41, 5.74) is 0. The monoisotopic (exact) mass is 358 g/mol. The minimum Gasteiger partial charge on any atom is -0.346 e. The van der Waals surface area contributed by atoms with Crippen molar-refractivity contribution >= 4 is 38.6 Å². The maximum absolute atomic E-state index is 12.4. The predicted molar refractivity (Wildman–Crippen MR) is 89.9 cm³/mol. The van der Waals surface area contributed by atoms with Crippen LogP contribution in [0.2, 0.25) is 0 Å². The molecule has 2 rings (SSSR count). The Kier molecular flexibility index (Phi) is 5.74. The van der Waals surface area contributed by atoms with E-state index in [2.05, 4.69) is 5.32 Å². The molecule has 2 aromatic heterocycles. The van der Waals surface area contributed by atoms with E-state index in [0.717, 1.165) is 16.2 Å². The Hall–Kier alpha value is -1.22. The first-order valence-corrected chi connectivity index (χ1v) is 10.1. The SMILES string of the molecule is CCN(CC)S(=O)(=O)c1csc(C(=O)NCc2cccs2)c1. The van der Waals surface area contributed by atoms with Gasteiger partial charge in [-0.1, -0.05) is 19.9 Å². The molecular formula is C14H18N2O3S3. The van der Waals surface area contributed by atoms with E-state index in [-0.39, 0.29) is 10.8 Å². The molecule has 0 aliphatic rings. The summed E-state index contributed by atoms with van der Waals surface area (Å²) in [5, 5.41) is 6.26. The van der Waals surface area contributed by atoms with Gasteiger partial charge in [-0.25, -0.2) is 8.42 Å². The largest absolute Gasteiger partial charge is 0.346 e. The van der Waals surface area contributed by atoms with Crippen molar-refractivity contribution in [2.75, 3.05) is 13.1 Å². The second kappa shape index (κ2) is 7.36. The maximum atomic E-state index is 12.4. The van der Waals surface area contributed by atoms with Gasteiger partial charge in [-0.2, -0.15) is 4.31 Å². The number of rotatable bonds is 7. The summed E-state index contributed by atoms with van der Waals surface area (Å²) in [7, 11) is -3.51. The highest BCUT2D eigenvalue weighted by Crippen LogP contribution is 2.22. The molecule has 0 bridgehead atoms. The van der Waals surface area contributed by atoms with E-state index in [1.807, 2.05) is 17.5 Å². The van der Waals surface area contributed by atoms with Gasteiger partial charge in [-0.3, -0.25) is 4.79 Å².